The molecule has 4 nitrogen and oxygen atoms in total. The minimum absolute atomic E-state index is 0.216. The highest BCUT2D eigenvalue weighted by Crippen LogP contribution is 2.45. The van der Waals surface area contributed by atoms with Crippen LogP contribution in [0.4, 0.5) is 5.69 Å². The monoisotopic (exact) mass is 280 g/mol. The number of anilines is 1. The highest BCUT2D eigenvalue weighted by Gasteiger charge is 2.47. The van der Waals surface area contributed by atoms with Crippen molar-refractivity contribution in [1.29, 1.82) is 0 Å². The second-order valence-electron chi connectivity index (χ2n) is 6.36. The first-order chi connectivity index (χ1) is 10.3. The fraction of sp³-hybridized carbons (Fsp3) is 0.412. The summed E-state index contributed by atoms with van der Waals surface area (Å²) in [5.41, 5.74) is 4.07. The van der Waals surface area contributed by atoms with Crippen molar-refractivity contribution in [3.8, 4) is 0 Å². The van der Waals surface area contributed by atoms with Crippen LogP contribution in [-0.4, -0.2) is 41.5 Å². The molecule has 1 atom stereocenters. The molecule has 0 aromatic carbocycles. The fourth-order valence-corrected chi connectivity index (χ4v) is 3.84. The largest absolute Gasteiger partial charge is 0.365 e. The molecule has 1 spiro atoms. The lowest BCUT2D eigenvalue weighted by atomic mass is 9.85. The van der Waals surface area contributed by atoms with Gasteiger partial charge in [0.15, 0.2) is 0 Å². The summed E-state index contributed by atoms with van der Waals surface area (Å²) in [4.78, 5) is 13.9. The molecule has 2 aromatic rings. The second-order valence-corrected chi connectivity index (χ2v) is 6.36. The first-order valence-corrected chi connectivity index (χ1v) is 7.55. The van der Waals surface area contributed by atoms with E-state index in [9.17, 15) is 0 Å². The van der Waals surface area contributed by atoms with Gasteiger partial charge in [-0.3, -0.25) is 9.97 Å². The van der Waals surface area contributed by atoms with Gasteiger partial charge in [-0.25, -0.2) is 0 Å². The average Bonchev–Trinajstić information content (AvgIpc) is 3.03. The van der Waals surface area contributed by atoms with Gasteiger partial charge in [0.05, 0.1) is 11.4 Å². The Kier molecular flexibility index (Phi) is 2.93. The summed E-state index contributed by atoms with van der Waals surface area (Å²) in [5.74, 6) is 0. The van der Waals surface area contributed by atoms with E-state index in [0.29, 0.717) is 0 Å². The molecular weight excluding hydrogens is 260 g/mol. The van der Waals surface area contributed by atoms with Crippen LogP contribution in [0.3, 0.4) is 0 Å². The summed E-state index contributed by atoms with van der Waals surface area (Å²) in [5, 5.41) is 0. The molecule has 2 aliphatic rings. The Morgan fingerprint density at radius 2 is 2.10 bits per heavy atom. The predicted molar refractivity (Wildman–Crippen MR) is 83.3 cm³/mol. The number of hydrogen-bond acceptors (Lipinski definition) is 4. The SMILES string of the molecule is CN1CC[C@]2(C1)CN(Cc1cccnc1)c1cccnc12. The van der Waals surface area contributed by atoms with E-state index in [0.717, 1.165) is 26.2 Å². The maximum Gasteiger partial charge on any atom is 0.0729 e. The standard InChI is InChI=1S/C17H20N4/c1-20-9-6-17(12-20)13-21(11-14-4-2-7-18-10-14)15-5-3-8-19-16(15)17/h2-5,7-8,10H,6,9,11-13H2,1H3/t17-/m0/s1. The third kappa shape index (κ3) is 2.10. The Morgan fingerprint density at radius 1 is 1.19 bits per heavy atom. The maximum absolute atomic E-state index is 4.74. The Balaban J connectivity index is 1.68. The van der Waals surface area contributed by atoms with Gasteiger partial charge in [0, 0.05) is 43.6 Å². The van der Waals surface area contributed by atoms with E-state index >= 15 is 0 Å². The number of rotatable bonds is 2. The zero-order valence-electron chi connectivity index (χ0n) is 12.4. The van der Waals surface area contributed by atoms with Gasteiger partial charge in [0.2, 0.25) is 0 Å². The van der Waals surface area contributed by atoms with Gasteiger partial charge in [-0.2, -0.15) is 0 Å². The molecule has 2 aromatic heterocycles. The summed E-state index contributed by atoms with van der Waals surface area (Å²) in [6.45, 7) is 4.26. The van der Waals surface area contributed by atoms with Crippen LogP contribution in [0.1, 0.15) is 17.7 Å². The Labute approximate surface area is 125 Å². The molecule has 0 N–H and O–H groups in total. The van der Waals surface area contributed by atoms with Crippen molar-refractivity contribution in [3.05, 3.63) is 54.1 Å². The number of aromatic nitrogens is 2. The number of hydrogen-bond donors (Lipinski definition) is 0. The molecule has 108 valence electrons. The molecule has 4 rings (SSSR count). The minimum Gasteiger partial charge on any atom is -0.365 e. The van der Waals surface area contributed by atoms with Crippen molar-refractivity contribution in [1.82, 2.24) is 14.9 Å². The van der Waals surface area contributed by atoms with E-state index in [4.69, 9.17) is 4.98 Å². The minimum atomic E-state index is 0.216. The molecule has 0 saturated carbocycles. The number of likely N-dealkylation sites (tertiary alicyclic amines) is 1. The van der Waals surface area contributed by atoms with Crippen molar-refractivity contribution in [3.63, 3.8) is 0 Å². The molecule has 0 aliphatic carbocycles. The van der Waals surface area contributed by atoms with Gasteiger partial charge in [-0.05, 0) is 43.8 Å². The second kappa shape index (κ2) is 4.81. The summed E-state index contributed by atoms with van der Waals surface area (Å²) >= 11 is 0. The summed E-state index contributed by atoms with van der Waals surface area (Å²) in [6, 6.07) is 8.42. The molecular formula is C17H20N4. The van der Waals surface area contributed by atoms with E-state index in [1.165, 1.54) is 23.4 Å². The van der Waals surface area contributed by atoms with E-state index in [1.54, 1.807) is 0 Å². The van der Waals surface area contributed by atoms with Gasteiger partial charge in [-0.1, -0.05) is 6.07 Å². The number of pyridine rings is 2. The number of nitrogens with zero attached hydrogens (tertiary/aromatic N) is 4. The molecule has 1 fully saturated rings. The average molecular weight is 280 g/mol. The van der Waals surface area contributed by atoms with Gasteiger partial charge in [0.25, 0.3) is 0 Å². The Bertz CT molecular complexity index is 642. The van der Waals surface area contributed by atoms with Crippen LogP contribution in [0.25, 0.3) is 0 Å². The molecule has 0 radical (unpaired) electrons. The molecule has 4 heterocycles. The van der Waals surface area contributed by atoms with E-state index in [1.807, 2.05) is 30.7 Å². The molecule has 2 aliphatic heterocycles. The zero-order valence-corrected chi connectivity index (χ0v) is 12.4. The number of likely N-dealkylation sites (N-methyl/N-ethyl adjacent to an activating group) is 1. The Morgan fingerprint density at radius 3 is 2.86 bits per heavy atom. The van der Waals surface area contributed by atoms with Gasteiger partial charge < -0.3 is 9.80 Å². The van der Waals surface area contributed by atoms with Crippen LogP contribution >= 0.6 is 0 Å². The summed E-state index contributed by atoms with van der Waals surface area (Å²) in [7, 11) is 2.21. The summed E-state index contributed by atoms with van der Waals surface area (Å²) in [6.07, 6.45) is 6.93. The van der Waals surface area contributed by atoms with Crippen LogP contribution in [0.5, 0.6) is 0 Å². The van der Waals surface area contributed by atoms with Crippen molar-refractivity contribution in [2.75, 3.05) is 31.6 Å². The highest BCUT2D eigenvalue weighted by molar-refractivity contribution is 5.60. The summed E-state index contributed by atoms with van der Waals surface area (Å²) < 4.78 is 0. The van der Waals surface area contributed by atoms with Crippen LogP contribution < -0.4 is 4.90 Å². The molecule has 1 saturated heterocycles. The van der Waals surface area contributed by atoms with Crippen LogP contribution in [-0.2, 0) is 12.0 Å². The van der Waals surface area contributed by atoms with Crippen LogP contribution in [0.15, 0.2) is 42.9 Å². The van der Waals surface area contributed by atoms with Crippen molar-refractivity contribution in [2.45, 2.75) is 18.4 Å². The lowest BCUT2D eigenvalue weighted by molar-refractivity contribution is 0.373. The van der Waals surface area contributed by atoms with Gasteiger partial charge in [0.1, 0.15) is 0 Å². The predicted octanol–water partition coefficient (Wildman–Crippen LogP) is 2.07. The molecule has 21 heavy (non-hydrogen) atoms. The smallest absolute Gasteiger partial charge is 0.0729 e. The van der Waals surface area contributed by atoms with Gasteiger partial charge >= 0.3 is 0 Å². The van der Waals surface area contributed by atoms with E-state index in [-0.39, 0.29) is 5.41 Å². The quantitative estimate of drug-likeness (QED) is 0.843. The third-order valence-corrected chi connectivity index (χ3v) is 4.76. The van der Waals surface area contributed by atoms with Crippen LogP contribution in [0.2, 0.25) is 0 Å². The van der Waals surface area contributed by atoms with Crippen molar-refractivity contribution in [2.24, 2.45) is 0 Å². The molecule has 0 unspecified atom stereocenters. The number of fused-ring (bicyclic) bond motifs is 2. The first kappa shape index (κ1) is 12.8. The fourth-order valence-electron chi connectivity index (χ4n) is 3.84. The zero-order chi connectivity index (χ0) is 14.3. The van der Waals surface area contributed by atoms with Crippen molar-refractivity contribution >= 4 is 5.69 Å². The lowest BCUT2D eigenvalue weighted by Crippen LogP contribution is -2.36. The maximum atomic E-state index is 4.74. The normalized spacial score (nSPS) is 24.7. The molecule has 4 heteroatoms. The van der Waals surface area contributed by atoms with Crippen LogP contribution in [0, 0.1) is 0 Å². The van der Waals surface area contributed by atoms with Gasteiger partial charge in [-0.15, -0.1) is 0 Å². The molecule has 0 amide bonds. The lowest BCUT2D eigenvalue weighted by Gasteiger charge is -2.25. The topological polar surface area (TPSA) is 32.3 Å². The van der Waals surface area contributed by atoms with E-state index in [2.05, 4.69) is 34.0 Å². The highest BCUT2D eigenvalue weighted by atomic mass is 15.2. The third-order valence-electron chi connectivity index (χ3n) is 4.76. The Hall–Kier alpha value is -1.94. The first-order valence-electron chi connectivity index (χ1n) is 7.55. The van der Waals surface area contributed by atoms with Crippen molar-refractivity contribution < 1.29 is 0 Å². The molecule has 0 bridgehead atoms. The van der Waals surface area contributed by atoms with E-state index < -0.39 is 0 Å².